The van der Waals surface area contributed by atoms with Gasteiger partial charge in [-0.05, 0) is 10.4 Å². The van der Waals surface area contributed by atoms with E-state index < -0.39 is 10.0 Å². The van der Waals surface area contributed by atoms with Crippen molar-refractivity contribution in [2.24, 2.45) is 0 Å². The summed E-state index contributed by atoms with van der Waals surface area (Å²) in [5, 5.41) is 10.1. The second kappa shape index (κ2) is 3.79. The van der Waals surface area contributed by atoms with Crippen molar-refractivity contribution in [3.8, 4) is 0 Å². The third-order valence-corrected chi connectivity index (χ3v) is 3.28. The van der Waals surface area contributed by atoms with E-state index in [-0.39, 0.29) is 12.3 Å². The molecule has 73 valence electrons. The van der Waals surface area contributed by atoms with E-state index >= 15 is 0 Å². The van der Waals surface area contributed by atoms with Gasteiger partial charge in [0.2, 0.25) is 16.4 Å². The predicted octanol–water partition coefficient (Wildman–Crippen LogP) is -1.64. The molecule has 1 aromatic rings. The molecule has 0 bridgehead atoms. The number of tetrazole rings is 1. The minimum absolute atomic E-state index is 0.0263. The topological polar surface area (TPSA) is 81.0 Å². The van der Waals surface area contributed by atoms with E-state index in [1.54, 1.807) is 0 Å². The van der Waals surface area contributed by atoms with Gasteiger partial charge in [0.05, 0.1) is 12.3 Å². The molecular formula is C5H10N5O2S. The molecule has 0 saturated heterocycles. The van der Waals surface area contributed by atoms with Gasteiger partial charge in [-0.2, -0.15) is 0 Å². The van der Waals surface area contributed by atoms with Gasteiger partial charge in [-0.15, -0.1) is 5.10 Å². The molecule has 1 rings (SSSR count). The van der Waals surface area contributed by atoms with Crippen LogP contribution in [0.4, 0.5) is 0 Å². The second-order valence-corrected chi connectivity index (χ2v) is 4.90. The molecule has 0 atom stereocenters. The molecular weight excluding hydrogens is 194 g/mol. The highest BCUT2D eigenvalue weighted by Gasteiger charge is 2.13. The molecule has 0 aliphatic heterocycles. The number of nitrogens with zero attached hydrogens (tertiary/aromatic N) is 5. The molecule has 8 heteroatoms. The first-order chi connectivity index (χ1) is 6.02. The Morgan fingerprint density at radius 3 is 2.62 bits per heavy atom. The Labute approximate surface area is 76.4 Å². The van der Waals surface area contributed by atoms with Crippen LogP contribution in [-0.4, -0.2) is 52.8 Å². The lowest BCUT2D eigenvalue weighted by Gasteiger charge is -2.09. The summed E-state index contributed by atoms with van der Waals surface area (Å²) in [5.74, 6) is -0.0263. The Kier molecular flexibility index (Phi) is 2.94. The van der Waals surface area contributed by atoms with Crippen molar-refractivity contribution < 1.29 is 8.42 Å². The SMILES string of the molecule is CN(C)S(=O)(=O)CCn1[c]nnn1. The summed E-state index contributed by atoms with van der Waals surface area (Å²) in [7, 11) is -0.208. The molecule has 0 saturated carbocycles. The van der Waals surface area contributed by atoms with E-state index in [4.69, 9.17) is 0 Å². The highest BCUT2D eigenvalue weighted by molar-refractivity contribution is 7.89. The molecule has 13 heavy (non-hydrogen) atoms. The largest absolute Gasteiger partial charge is 0.222 e. The molecule has 0 amide bonds. The zero-order chi connectivity index (χ0) is 9.90. The average molecular weight is 204 g/mol. The first-order valence-corrected chi connectivity index (χ1v) is 5.17. The molecule has 1 radical (unpaired) electrons. The van der Waals surface area contributed by atoms with E-state index in [0.29, 0.717) is 0 Å². The summed E-state index contributed by atoms with van der Waals surface area (Å²) < 4.78 is 24.9. The fraction of sp³-hybridized carbons (Fsp3) is 0.800. The maximum absolute atomic E-state index is 11.3. The minimum Gasteiger partial charge on any atom is -0.222 e. The Morgan fingerprint density at radius 2 is 2.15 bits per heavy atom. The standard InChI is InChI=1S/C5H10N5O2S/c1-9(2)13(11,12)4-3-10-5-6-7-8-10/h3-4H2,1-2H3. The van der Waals surface area contributed by atoms with E-state index in [2.05, 4.69) is 21.9 Å². The van der Waals surface area contributed by atoms with Gasteiger partial charge in [0.25, 0.3) is 0 Å². The molecule has 0 spiro atoms. The fourth-order valence-electron chi connectivity index (χ4n) is 0.639. The van der Waals surface area contributed by atoms with Crippen LogP contribution in [0.1, 0.15) is 0 Å². The van der Waals surface area contributed by atoms with E-state index in [0.717, 1.165) is 4.31 Å². The fourth-order valence-corrected chi connectivity index (χ4v) is 1.41. The van der Waals surface area contributed by atoms with Gasteiger partial charge in [-0.3, -0.25) is 0 Å². The molecule has 0 fully saturated rings. The molecule has 0 unspecified atom stereocenters. The molecule has 1 aromatic heterocycles. The van der Waals surface area contributed by atoms with Gasteiger partial charge in [-0.25, -0.2) is 17.4 Å². The van der Waals surface area contributed by atoms with Crippen LogP contribution in [0.2, 0.25) is 0 Å². The maximum Gasteiger partial charge on any atom is 0.221 e. The Bertz CT molecular complexity index is 343. The van der Waals surface area contributed by atoms with E-state index in [9.17, 15) is 8.42 Å². The second-order valence-electron chi connectivity index (χ2n) is 2.60. The summed E-state index contributed by atoms with van der Waals surface area (Å²) in [6, 6.07) is 0. The van der Waals surface area contributed by atoms with Crippen LogP contribution in [0.15, 0.2) is 0 Å². The quantitative estimate of drug-likeness (QED) is 0.588. The maximum atomic E-state index is 11.3. The van der Waals surface area contributed by atoms with Gasteiger partial charge in [0.1, 0.15) is 0 Å². The van der Waals surface area contributed by atoms with Gasteiger partial charge < -0.3 is 0 Å². The molecule has 7 nitrogen and oxygen atoms in total. The van der Waals surface area contributed by atoms with Gasteiger partial charge in [0, 0.05) is 14.1 Å². The number of sulfonamides is 1. The van der Waals surface area contributed by atoms with Crippen molar-refractivity contribution in [3.05, 3.63) is 6.33 Å². The van der Waals surface area contributed by atoms with Crippen LogP contribution in [-0.2, 0) is 16.6 Å². The monoisotopic (exact) mass is 204 g/mol. The lowest BCUT2D eigenvalue weighted by atomic mass is 10.8. The van der Waals surface area contributed by atoms with Gasteiger partial charge in [-0.1, -0.05) is 0 Å². The summed E-state index contributed by atoms with van der Waals surface area (Å²) in [4.78, 5) is 0. The molecule has 0 N–H and O–H groups in total. The Hall–Kier alpha value is -1.02. The van der Waals surface area contributed by atoms with Crippen molar-refractivity contribution in [1.82, 2.24) is 24.5 Å². The zero-order valence-electron chi connectivity index (χ0n) is 7.38. The summed E-state index contributed by atoms with van der Waals surface area (Å²) in [5.41, 5.74) is 0. The van der Waals surface area contributed by atoms with Crippen LogP contribution in [0.5, 0.6) is 0 Å². The zero-order valence-corrected chi connectivity index (χ0v) is 8.19. The van der Waals surface area contributed by atoms with Crippen molar-refractivity contribution in [1.29, 1.82) is 0 Å². The van der Waals surface area contributed by atoms with Crippen LogP contribution in [0.25, 0.3) is 0 Å². The van der Waals surface area contributed by atoms with Gasteiger partial charge >= 0.3 is 0 Å². The molecule has 0 aliphatic rings. The predicted molar refractivity (Wildman–Crippen MR) is 44.1 cm³/mol. The number of aryl methyl sites for hydroxylation is 1. The number of rotatable bonds is 4. The first kappa shape index (κ1) is 10.1. The third-order valence-electron chi connectivity index (χ3n) is 1.47. The summed E-state index contributed by atoms with van der Waals surface area (Å²) >= 11 is 0. The summed E-state index contributed by atoms with van der Waals surface area (Å²) in [6.45, 7) is 0.216. The number of hydrogen-bond acceptors (Lipinski definition) is 5. The number of hydrogen-bond donors (Lipinski definition) is 0. The van der Waals surface area contributed by atoms with Crippen molar-refractivity contribution in [2.45, 2.75) is 6.54 Å². The third kappa shape index (κ3) is 2.74. The highest BCUT2D eigenvalue weighted by atomic mass is 32.2. The van der Waals surface area contributed by atoms with Crippen LogP contribution < -0.4 is 0 Å². The number of aromatic nitrogens is 4. The van der Waals surface area contributed by atoms with Gasteiger partial charge in [0.15, 0.2) is 0 Å². The van der Waals surface area contributed by atoms with Crippen molar-refractivity contribution in [3.63, 3.8) is 0 Å². The lowest BCUT2D eigenvalue weighted by Crippen LogP contribution is -2.27. The smallest absolute Gasteiger partial charge is 0.221 e. The van der Waals surface area contributed by atoms with Crippen LogP contribution in [0, 0.1) is 6.33 Å². The summed E-state index contributed by atoms with van der Waals surface area (Å²) in [6.07, 6.45) is 2.41. The van der Waals surface area contributed by atoms with Crippen LogP contribution in [0.3, 0.4) is 0 Å². The Morgan fingerprint density at radius 1 is 1.46 bits per heavy atom. The van der Waals surface area contributed by atoms with Crippen LogP contribution >= 0.6 is 0 Å². The molecule has 0 aromatic carbocycles. The van der Waals surface area contributed by atoms with Crippen molar-refractivity contribution >= 4 is 10.0 Å². The van der Waals surface area contributed by atoms with Crippen molar-refractivity contribution in [2.75, 3.05) is 19.8 Å². The normalized spacial score (nSPS) is 12.2. The minimum atomic E-state index is -3.18. The molecule has 1 heterocycles. The molecule has 0 aliphatic carbocycles. The average Bonchev–Trinajstić information content (AvgIpc) is 2.52. The highest BCUT2D eigenvalue weighted by Crippen LogP contribution is 1.94. The Balaban J connectivity index is 2.53. The van der Waals surface area contributed by atoms with E-state index in [1.807, 2.05) is 0 Å². The first-order valence-electron chi connectivity index (χ1n) is 3.56. The van der Waals surface area contributed by atoms with E-state index in [1.165, 1.54) is 18.8 Å². The lowest BCUT2D eigenvalue weighted by molar-refractivity contribution is 0.509.